The number of nitrogens with zero attached hydrogens (tertiary/aromatic N) is 2. The van der Waals surface area contributed by atoms with Gasteiger partial charge < -0.3 is 15.3 Å². The van der Waals surface area contributed by atoms with Crippen molar-refractivity contribution in [3.63, 3.8) is 0 Å². The zero-order chi connectivity index (χ0) is 19.1. The first-order chi connectivity index (χ1) is 12.3. The van der Waals surface area contributed by atoms with Crippen molar-refractivity contribution in [3.8, 4) is 0 Å². The number of rotatable bonds is 4. The zero-order valence-electron chi connectivity index (χ0n) is 15.4. The van der Waals surface area contributed by atoms with Crippen LogP contribution in [0.4, 0.5) is 4.79 Å². The highest BCUT2D eigenvalue weighted by atomic mass is 16.4. The quantitative estimate of drug-likeness (QED) is 0.725. The number of urea groups is 1. The maximum absolute atomic E-state index is 12.9. The van der Waals surface area contributed by atoms with Crippen LogP contribution in [0, 0.1) is 17.8 Å². The number of carbonyl (C=O) groups is 4. The molecule has 8 heteroatoms. The van der Waals surface area contributed by atoms with E-state index in [9.17, 15) is 24.3 Å². The third-order valence-electron chi connectivity index (χ3n) is 6.36. The van der Waals surface area contributed by atoms with Crippen LogP contribution in [0.2, 0.25) is 0 Å². The minimum atomic E-state index is -0.922. The molecule has 3 fully saturated rings. The molecule has 1 spiro atoms. The number of likely N-dealkylation sites (tertiary alicyclic amines) is 1. The van der Waals surface area contributed by atoms with Gasteiger partial charge in [-0.05, 0) is 37.5 Å². The summed E-state index contributed by atoms with van der Waals surface area (Å²) in [7, 11) is 0. The molecule has 4 amide bonds. The fourth-order valence-corrected chi connectivity index (χ4v) is 4.46. The molecule has 0 aromatic heterocycles. The van der Waals surface area contributed by atoms with Crippen molar-refractivity contribution in [2.75, 3.05) is 19.6 Å². The molecule has 0 aromatic carbocycles. The SMILES string of the molecule is CCC1CCC2(CC1)NC(=O)N(CC(=O)N1C[C@@H](C)[C@H](C(=O)O)C1)C2=O. The van der Waals surface area contributed by atoms with Crippen molar-refractivity contribution in [1.29, 1.82) is 0 Å². The van der Waals surface area contributed by atoms with E-state index >= 15 is 0 Å². The van der Waals surface area contributed by atoms with Gasteiger partial charge in [0, 0.05) is 13.1 Å². The summed E-state index contributed by atoms with van der Waals surface area (Å²) in [6.45, 7) is 4.07. The third-order valence-corrected chi connectivity index (χ3v) is 6.36. The molecule has 8 nitrogen and oxygen atoms in total. The van der Waals surface area contributed by atoms with Crippen molar-refractivity contribution in [1.82, 2.24) is 15.1 Å². The number of nitrogens with one attached hydrogen (secondary N) is 1. The van der Waals surface area contributed by atoms with Crippen molar-refractivity contribution in [2.45, 2.75) is 51.5 Å². The Kier molecular flexibility index (Phi) is 4.94. The van der Waals surface area contributed by atoms with Gasteiger partial charge in [0.25, 0.3) is 5.91 Å². The Morgan fingerprint density at radius 2 is 1.88 bits per heavy atom. The maximum atomic E-state index is 12.9. The zero-order valence-corrected chi connectivity index (χ0v) is 15.4. The van der Waals surface area contributed by atoms with Gasteiger partial charge in [0.1, 0.15) is 12.1 Å². The van der Waals surface area contributed by atoms with E-state index in [4.69, 9.17) is 0 Å². The summed E-state index contributed by atoms with van der Waals surface area (Å²) < 4.78 is 0. The molecule has 2 atom stereocenters. The number of hydrogen-bond acceptors (Lipinski definition) is 4. The van der Waals surface area contributed by atoms with E-state index in [1.165, 1.54) is 4.90 Å². The lowest BCUT2D eigenvalue weighted by Gasteiger charge is -2.34. The van der Waals surface area contributed by atoms with Crippen LogP contribution in [0.1, 0.15) is 46.0 Å². The number of aliphatic carboxylic acids is 1. The van der Waals surface area contributed by atoms with E-state index in [0.29, 0.717) is 25.3 Å². The van der Waals surface area contributed by atoms with Crippen LogP contribution >= 0.6 is 0 Å². The minimum Gasteiger partial charge on any atom is -0.481 e. The lowest BCUT2D eigenvalue weighted by Crippen LogP contribution is -2.50. The van der Waals surface area contributed by atoms with Gasteiger partial charge in [-0.25, -0.2) is 4.79 Å². The lowest BCUT2D eigenvalue weighted by molar-refractivity contribution is -0.143. The molecule has 3 rings (SSSR count). The number of hydrogen-bond donors (Lipinski definition) is 2. The van der Waals surface area contributed by atoms with E-state index in [1.807, 2.05) is 0 Å². The van der Waals surface area contributed by atoms with E-state index in [1.54, 1.807) is 6.92 Å². The van der Waals surface area contributed by atoms with Gasteiger partial charge in [0.05, 0.1) is 5.92 Å². The summed E-state index contributed by atoms with van der Waals surface area (Å²) in [5.74, 6) is -1.77. The van der Waals surface area contributed by atoms with E-state index in [2.05, 4.69) is 12.2 Å². The molecule has 144 valence electrons. The Balaban J connectivity index is 1.63. The molecule has 0 aromatic rings. The highest BCUT2D eigenvalue weighted by molar-refractivity contribution is 6.09. The Hall–Kier alpha value is -2.12. The average Bonchev–Trinajstić information content (AvgIpc) is 3.10. The number of carboxylic acids is 1. The molecule has 1 saturated carbocycles. The summed E-state index contributed by atoms with van der Waals surface area (Å²) in [4.78, 5) is 51.4. The molecule has 2 heterocycles. The average molecular weight is 365 g/mol. The Bertz CT molecular complexity index is 626. The molecule has 0 radical (unpaired) electrons. The molecule has 0 bridgehead atoms. The molecule has 26 heavy (non-hydrogen) atoms. The van der Waals surface area contributed by atoms with Crippen LogP contribution in [0.5, 0.6) is 0 Å². The fraction of sp³-hybridized carbons (Fsp3) is 0.778. The molecular weight excluding hydrogens is 338 g/mol. The van der Waals surface area contributed by atoms with Crippen molar-refractivity contribution < 1.29 is 24.3 Å². The second-order valence-electron chi connectivity index (χ2n) is 7.98. The number of carbonyl (C=O) groups excluding carboxylic acids is 3. The minimum absolute atomic E-state index is 0.127. The summed E-state index contributed by atoms with van der Waals surface area (Å²) >= 11 is 0. The fourth-order valence-electron chi connectivity index (χ4n) is 4.46. The van der Waals surface area contributed by atoms with E-state index in [0.717, 1.165) is 24.2 Å². The van der Waals surface area contributed by atoms with Gasteiger partial charge in [0.15, 0.2) is 0 Å². The molecule has 2 aliphatic heterocycles. The Morgan fingerprint density at radius 1 is 1.23 bits per heavy atom. The predicted octanol–water partition coefficient (Wildman–Crippen LogP) is 1.06. The third kappa shape index (κ3) is 3.17. The van der Waals surface area contributed by atoms with Crippen LogP contribution in [0.15, 0.2) is 0 Å². The summed E-state index contributed by atoms with van der Waals surface area (Å²) in [5.41, 5.74) is -0.856. The summed E-state index contributed by atoms with van der Waals surface area (Å²) in [6, 6.07) is -0.514. The molecular formula is C18H27N3O5. The summed E-state index contributed by atoms with van der Waals surface area (Å²) in [6.07, 6.45) is 4.09. The first-order valence-electron chi connectivity index (χ1n) is 9.42. The van der Waals surface area contributed by atoms with Gasteiger partial charge >= 0.3 is 12.0 Å². The monoisotopic (exact) mass is 365 g/mol. The second kappa shape index (κ2) is 6.89. The van der Waals surface area contributed by atoms with Gasteiger partial charge in [-0.15, -0.1) is 0 Å². The second-order valence-corrected chi connectivity index (χ2v) is 7.98. The summed E-state index contributed by atoms with van der Waals surface area (Å²) in [5, 5.41) is 12.0. The van der Waals surface area contributed by atoms with E-state index < -0.39 is 23.5 Å². The standard InChI is InChI=1S/C18H27N3O5/c1-3-12-4-6-18(7-5-12)16(25)21(17(26)19-18)10-14(22)20-8-11(2)13(9-20)15(23)24/h11-13H,3-10H2,1-2H3,(H,19,26)(H,23,24)/t11-,12?,13-,18?/m1/s1. The smallest absolute Gasteiger partial charge is 0.325 e. The highest BCUT2D eigenvalue weighted by Crippen LogP contribution is 2.37. The van der Waals surface area contributed by atoms with Crippen LogP contribution in [-0.2, 0) is 14.4 Å². The molecule has 2 saturated heterocycles. The van der Waals surface area contributed by atoms with Crippen molar-refractivity contribution >= 4 is 23.8 Å². The largest absolute Gasteiger partial charge is 0.481 e. The number of imide groups is 1. The number of carboxylic acid groups (broad SMARTS) is 1. The van der Waals surface area contributed by atoms with Gasteiger partial charge in [-0.3, -0.25) is 19.3 Å². The normalized spacial score (nSPS) is 34.5. The maximum Gasteiger partial charge on any atom is 0.325 e. The topological polar surface area (TPSA) is 107 Å². The van der Waals surface area contributed by atoms with Crippen molar-refractivity contribution in [2.24, 2.45) is 17.8 Å². The first kappa shape index (κ1) is 18.7. The number of amides is 4. The van der Waals surface area contributed by atoms with Gasteiger partial charge in [-0.2, -0.15) is 0 Å². The predicted molar refractivity (Wildman–Crippen MR) is 92.1 cm³/mol. The Labute approximate surface area is 152 Å². The van der Waals surface area contributed by atoms with Gasteiger partial charge in [0.2, 0.25) is 5.91 Å². The van der Waals surface area contributed by atoms with E-state index in [-0.39, 0.29) is 30.8 Å². The lowest BCUT2D eigenvalue weighted by atomic mass is 9.75. The molecule has 3 aliphatic rings. The first-order valence-corrected chi connectivity index (χ1v) is 9.42. The van der Waals surface area contributed by atoms with Crippen LogP contribution in [-0.4, -0.2) is 63.9 Å². The molecule has 2 N–H and O–H groups in total. The van der Waals surface area contributed by atoms with Crippen LogP contribution in [0.25, 0.3) is 0 Å². The Morgan fingerprint density at radius 3 is 2.42 bits per heavy atom. The van der Waals surface area contributed by atoms with Crippen molar-refractivity contribution in [3.05, 3.63) is 0 Å². The molecule has 1 aliphatic carbocycles. The van der Waals surface area contributed by atoms with Crippen LogP contribution in [0.3, 0.4) is 0 Å². The van der Waals surface area contributed by atoms with Crippen LogP contribution < -0.4 is 5.32 Å². The highest BCUT2D eigenvalue weighted by Gasteiger charge is 2.53. The van der Waals surface area contributed by atoms with Gasteiger partial charge in [-0.1, -0.05) is 20.3 Å². The molecule has 0 unspecified atom stereocenters.